The number of nitrogens with one attached hydrogen (secondary N) is 1. The third kappa shape index (κ3) is 2.94. The fourth-order valence-electron chi connectivity index (χ4n) is 5.69. The molecular weight excluding hydrogens is 406 g/mol. The van der Waals surface area contributed by atoms with Crippen molar-refractivity contribution in [3.05, 3.63) is 45.1 Å². The molecule has 9 nitrogen and oxygen atoms in total. The fourth-order valence-corrected chi connectivity index (χ4v) is 5.69. The van der Waals surface area contributed by atoms with Gasteiger partial charge in [-0.2, -0.15) is 9.61 Å². The molecule has 5 heterocycles. The average molecular weight is 436 g/mol. The molecule has 0 atom stereocenters. The van der Waals surface area contributed by atoms with E-state index in [0.29, 0.717) is 19.2 Å². The molecule has 1 N–H and O–H groups in total. The van der Waals surface area contributed by atoms with Gasteiger partial charge >= 0.3 is 0 Å². The molecule has 1 spiro atoms. The van der Waals surface area contributed by atoms with Gasteiger partial charge in [-0.1, -0.05) is 0 Å². The van der Waals surface area contributed by atoms with Crippen LogP contribution in [0.1, 0.15) is 41.8 Å². The molecule has 6 rings (SSSR count). The van der Waals surface area contributed by atoms with Crippen molar-refractivity contribution in [2.24, 2.45) is 0 Å². The zero-order valence-corrected chi connectivity index (χ0v) is 18.7. The van der Waals surface area contributed by atoms with Gasteiger partial charge in [0.2, 0.25) is 5.95 Å². The van der Waals surface area contributed by atoms with Crippen LogP contribution in [-0.4, -0.2) is 64.0 Å². The fraction of sp³-hybridized carbons (Fsp3) is 0.565. The smallest absolute Gasteiger partial charge is 0.255 e. The van der Waals surface area contributed by atoms with Gasteiger partial charge in [0.05, 0.1) is 25.1 Å². The maximum absolute atomic E-state index is 12.9. The Bertz CT molecular complexity index is 1230. The van der Waals surface area contributed by atoms with E-state index >= 15 is 0 Å². The number of anilines is 2. The van der Waals surface area contributed by atoms with Gasteiger partial charge in [0.25, 0.3) is 5.56 Å². The topological polar surface area (TPSA) is 91.7 Å². The second-order valence-electron chi connectivity index (χ2n) is 9.33. The number of H-pyrrole nitrogens is 1. The van der Waals surface area contributed by atoms with E-state index < -0.39 is 0 Å². The predicted molar refractivity (Wildman–Crippen MR) is 122 cm³/mol. The van der Waals surface area contributed by atoms with Crippen LogP contribution in [0.3, 0.4) is 0 Å². The number of aryl methyl sites for hydroxylation is 1. The summed E-state index contributed by atoms with van der Waals surface area (Å²) >= 11 is 0. The number of morpholine rings is 1. The van der Waals surface area contributed by atoms with Crippen LogP contribution in [0.4, 0.5) is 11.8 Å². The number of rotatable bonds is 2. The number of hydrogen-bond donors (Lipinski definition) is 1. The summed E-state index contributed by atoms with van der Waals surface area (Å²) in [7, 11) is 0. The van der Waals surface area contributed by atoms with Crippen molar-refractivity contribution in [1.82, 2.24) is 24.6 Å². The molecule has 0 aromatic carbocycles. The van der Waals surface area contributed by atoms with E-state index in [4.69, 9.17) is 9.72 Å². The first-order valence-electron chi connectivity index (χ1n) is 11.6. The van der Waals surface area contributed by atoms with Gasteiger partial charge in [0.15, 0.2) is 5.65 Å². The average Bonchev–Trinajstić information content (AvgIpc) is 3.41. The van der Waals surface area contributed by atoms with E-state index in [1.807, 2.05) is 16.8 Å². The zero-order valence-electron chi connectivity index (χ0n) is 18.7. The van der Waals surface area contributed by atoms with Crippen LogP contribution in [-0.2, 0) is 16.6 Å². The van der Waals surface area contributed by atoms with Crippen molar-refractivity contribution < 1.29 is 4.74 Å². The molecule has 32 heavy (non-hydrogen) atoms. The molecule has 9 heteroatoms. The minimum Gasteiger partial charge on any atom is -0.378 e. The van der Waals surface area contributed by atoms with Gasteiger partial charge in [-0.3, -0.25) is 9.78 Å². The lowest BCUT2D eigenvalue weighted by atomic mass is 9.76. The van der Waals surface area contributed by atoms with E-state index in [2.05, 4.69) is 38.7 Å². The summed E-state index contributed by atoms with van der Waals surface area (Å²) in [6.45, 7) is 8.91. The molecule has 0 bridgehead atoms. The molecular formula is C23H29N7O2. The Balaban J connectivity index is 1.32. The Hall–Kier alpha value is -2.94. The quantitative estimate of drug-likeness (QED) is 0.656. The molecule has 2 saturated heterocycles. The number of fused-ring (bicyclic) bond motifs is 3. The highest BCUT2D eigenvalue weighted by molar-refractivity contribution is 5.57. The molecule has 3 aliphatic rings. The minimum absolute atomic E-state index is 0.0135. The Morgan fingerprint density at radius 2 is 1.81 bits per heavy atom. The van der Waals surface area contributed by atoms with Gasteiger partial charge in [-0.05, 0) is 39.5 Å². The maximum atomic E-state index is 12.9. The largest absolute Gasteiger partial charge is 0.378 e. The lowest BCUT2D eigenvalue weighted by Gasteiger charge is -2.41. The van der Waals surface area contributed by atoms with Crippen LogP contribution in [0.15, 0.2) is 17.1 Å². The lowest BCUT2D eigenvalue weighted by Crippen LogP contribution is -2.44. The van der Waals surface area contributed by atoms with Gasteiger partial charge in [-0.15, -0.1) is 0 Å². The molecule has 0 unspecified atom stereocenters. The predicted octanol–water partition coefficient (Wildman–Crippen LogP) is 1.75. The lowest BCUT2D eigenvalue weighted by molar-refractivity contribution is 0.122. The summed E-state index contributed by atoms with van der Waals surface area (Å²) in [6, 6.07) is 1.96. The first-order valence-corrected chi connectivity index (χ1v) is 11.6. The van der Waals surface area contributed by atoms with Crippen LogP contribution in [0.2, 0.25) is 0 Å². The first-order chi connectivity index (χ1) is 15.6. The molecule has 3 aromatic heterocycles. The van der Waals surface area contributed by atoms with Crippen molar-refractivity contribution in [3.63, 3.8) is 0 Å². The Morgan fingerprint density at radius 1 is 1.03 bits per heavy atom. The minimum atomic E-state index is -0.0135. The monoisotopic (exact) mass is 435 g/mol. The van der Waals surface area contributed by atoms with Crippen molar-refractivity contribution in [1.29, 1.82) is 0 Å². The molecule has 0 radical (unpaired) electrons. The molecule has 2 fully saturated rings. The van der Waals surface area contributed by atoms with E-state index in [1.165, 1.54) is 5.56 Å². The maximum Gasteiger partial charge on any atom is 0.255 e. The Morgan fingerprint density at radius 3 is 2.59 bits per heavy atom. The summed E-state index contributed by atoms with van der Waals surface area (Å²) in [6.07, 6.45) is 5.61. The van der Waals surface area contributed by atoms with Crippen LogP contribution in [0.25, 0.3) is 5.65 Å². The molecule has 0 amide bonds. The van der Waals surface area contributed by atoms with Crippen LogP contribution >= 0.6 is 0 Å². The second-order valence-corrected chi connectivity index (χ2v) is 9.33. The number of nitrogens with zero attached hydrogens (tertiary/aromatic N) is 6. The van der Waals surface area contributed by atoms with Gasteiger partial charge < -0.3 is 14.5 Å². The highest BCUT2D eigenvalue weighted by Crippen LogP contribution is 2.45. The Labute approximate surface area is 186 Å². The summed E-state index contributed by atoms with van der Waals surface area (Å²) in [4.78, 5) is 30.2. The zero-order chi connectivity index (χ0) is 21.9. The SMILES string of the molecule is Cc1nc2ccnn2c(N2CCC3(CCc4c3nc(N3CCOCC3)[nH]c4=O)CC2)c1C. The number of piperidine rings is 1. The molecule has 2 aliphatic heterocycles. The molecule has 168 valence electrons. The van der Waals surface area contributed by atoms with E-state index in [0.717, 1.165) is 80.3 Å². The standard InChI is InChI=1S/C23H29N7O2/c1-15-16(2)25-18-4-8-24-30(18)21(15)28-9-6-23(7-10-28)5-3-17-19(23)26-22(27-20(17)31)29-11-13-32-14-12-29/h4,8H,3,5-7,9-14H2,1-2H3,(H,26,27,31). The summed E-state index contributed by atoms with van der Waals surface area (Å²) in [5.74, 6) is 1.85. The van der Waals surface area contributed by atoms with Crippen LogP contribution in [0.5, 0.6) is 0 Å². The normalized spacial score (nSPS) is 20.3. The number of ether oxygens (including phenoxy) is 1. The van der Waals surface area contributed by atoms with E-state index in [9.17, 15) is 4.79 Å². The third-order valence-corrected chi connectivity index (χ3v) is 7.67. The van der Waals surface area contributed by atoms with Crippen molar-refractivity contribution >= 4 is 17.4 Å². The highest BCUT2D eigenvalue weighted by Gasteiger charge is 2.44. The van der Waals surface area contributed by atoms with Crippen molar-refractivity contribution in [2.45, 2.75) is 44.9 Å². The first kappa shape index (κ1) is 19.7. The van der Waals surface area contributed by atoms with Crippen molar-refractivity contribution in [2.75, 3.05) is 49.2 Å². The molecule has 0 saturated carbocycles. The molecule has 3 aromatic rings. The third-order valence-electron chi connectivity index (χ3n) is 7.67. The number of aromatic nitrogens is 5. The van der Waals surface area contributed by atoms with Crippen molar-refractivity contribution in [3.8, 4) is 0 Å². The second kappa shape index (κ2) is 7.30. The number of aromatic amines is 1. The van der Waals surface area contributed by atoms with Crippen LogP contribution < -0.4 is 15.4 Å². The van der Waals surface area contributed by atoms with Gasteiger partial charge in [0, 0.05) is 54.5 Å². The van der Waals surface area contributed by atoms with E-state index in [1.54, 1.807) is 0 Å². The molecule has 1 aliphatic carbocycles. The number of hydrogen-bond acceptors (Lipinski definition) is 7. The Kier molecular flexibility index (Phi) is 4.50. The summed E-state index contributed by atoms with van der Waals surface area (Å²) < 4.78 is 7.43. The highest BCUT2D eigenvalue weighted by atomic mass is 16.5. The van der Waals surface area contributed by atoms with Gasteiger partial charge in [-0.25, -0.2) is 9.97 Å². The van der Waals surface area contributed by atoms with Gasteiger partial charge in [0.1, 0.15) is 5.82 Å². The van der Waals surface area contributed by atoms with E-state index in [-0.39, 0.29) is 11.0 Å². The van der Waals surface area contributed by atoms with Crippen LogP contribution in [0, 0.1) is 13.8 Å². The summed E-state index contributed by atoms with van der Waals surface area (Å²) in [5.41, 5.74) is 5.05. The summed E-state index contributed by atoms with van der Waals surface area (Å²) in [5, 5.41) is 4.53.